The topological polar surface area (TPSA) is 50.1 Å². The molecule has 0 heterocycles. The van der Waals surface area contributed by atoms with Crippen LogP contribution in [0.3, 0.4) is 0 Å². The van der Waals surface area contributed by atoms with Crippen LogP contribution in [0, 0.1) is 11.3 Å². The number of benzene rings is 1. The smallest absolute Gasteiger partial charge is 0.163 e. The van der Waals surface area contributed by atoms with Crippen LogP contribution in [0.15, 0.2) is 24.3 Å². The molecule has 1 aromatic carbocycles. The third kappa shape index (κ3) is 3.53. The van der Waals surface area contributed by atoms with E-state index < -0.39 is 0 Å². The van der Waals surface area contributed by atoms with E-state index in [0.717, 1.165) is 5.56 Å². The van der Waals surface area contributed by atoms with Gasteiger partial charge in [-0.2, -0.15) is 5.26 Å². The van der Waals surface area contributed by atoms with Crippen molar-refractivity contribution in [3.05, 3.63) is 35.4 Å². The van der Waals surface area contributed by atoms with Gasteiger partial charge in [0.15, 0.2) is 5.78 Å². The average molecular weight is 203 g/mol. The van der Waals surface area contributed by atoms with E-state index in [1.54, 1.807) is 13.2 Å². The summed E-state index contributed by atoms with van der Waals surface area (Å²) in [6.45, 7) is 0.499. The highest BCUT2D eigenvalue weighted by Crippen LogP contribution is 2.09. The van der Waals surface area contributed by atoms with Crippen LogP contribution in [-0.2, 0) is 11.3 Å². The maximum atomic E-state index is 11.6. The van der Waals surface area contributed by atoms with E-state index in [4.69, 9.17) is 10.00 Å². The lowest BCUT2D eigenvalue weighted by atomic mass is 10.0. The van der Waals surface area contributed by atoms with E-state index >= 15 is 0 Å². The van der Waals surface area contributed by atoms with E-state index in [1.165, 1.54) is 0 Å². The molecule has 0 aliphatic carbocycles. The number of methoxy groups -OCH3 is 1. The molecule has 0 spiro atoms. The summed E-state index contributed by atoms with van der Waals surface area (Å²) in [4.78, 5) is 11.6. The maximum Gasteiger partial charge on any atom is 0.163 e. The van der Waals surface area contributed by atoms with Crippen molar-refractivity contribution in [1.82, 2.24) is 0 Å². The summed E-state index contributed by atoms with van der Waals surface area (Å²) in [5.41, 5.74) is 1.63. The summed E-state index contributed by atoms with van der Waals surface area (Å²) in [6.07, 6.45) is 0.556. The second-order valence-electron chi connectivity index (χ2n) is 3.21. The first-order chi connectivity index (χ1) is 7.27. The molecular formula is C12H13NO2. The molecule has 78 valence electrons. The van der Waals surface area contributed by atoms with Gasteiger partial charge in [-0.3, -0.25) is 4.79 Å². The number of carbonyl (C=O) groups excluding carboxylic acids is 1. The average Bonchev–Trinajstić information content (AvgIpc) is 2.27. The number of hydrogen-bond acceptors (Lipinski definition) is 3. The fourth-order valence-corrected chi connectivity index (χ4v) is 1.31. The van der Waals surface area contributed by atoms with Crippen LogP contribution in [0.4, 0.5) is 0 Å². The summed E-state index contributed by atoms with van der Waals surface area (Å²) in [5.74, 6) is 0.00880. The number of hydrogen-bond donors (Lipinski definition) is 0. The Kier molecular flexibility index (Phi) is 4.52. The van der Waals surface area contributed by atoms with Crippen molar-refractivity contribution in [3.63, 3.8) is 0 Å². The predicted octanol–water partition coefficient (Wildman–Crippen LogP) is 2.32. The fraction of sp³-hybridized carbons (Fsp3) is 0.333. The minimum Gasteiger partial charge on any atom is -0.380 e. The summed E-state index contributed by atoms with van der Waals surface area (Å²) in [6, 6.07) is 9.27. The summed E-state index contributed by atoms with van der Waals surface area (Å²) < 4.78 is 4.98. The van der Waals surface area contributed by atoms with Crippen LogP contribution in [0.25, 0.3) is 0 Å². The molecule has 1 rings (SSSR count). The Hall–Kier alpha value is -1.66. The normalized spacial score (nSPS) is 9.60. The van der Waals surface area contributed by atoms with Gasteiger partial charge in [-0.25, -0.2) is 0 Å². The first kappa shape index (κ1) is 11.4. The maximum absolute atomic E-state index is 11.6. The fourth-order valence-electron chi connectivity index (χ4n) is 1.31. The monoisotopic (exact) mass is 203 g/mol. The molecule has 0 aliphatic heterocycles. The summed E-state index contributed by atoms with van der Waals surface area (Å²) >= 11 is 0. The van der Waals surface area contributed by atoms with Crippen LogP contribution < -0.4 is 0 Å². The van der Waals surface area contributed by atoms with E-state index in [9.17, 15) is 4.79 Å². The molecule has 0 atom stereocenters. The van der Waals surface area contributed by atoms with Crippen LogP contribution in [0.1, 0.15) is 28.8 Å². The van der Waals surface area contributed by atoms with Crippen molar-refractivity contribution in [2.45, 2.75) is 19.4 Å². The van der Waals surface area contributed by atoms with Crippen molar-refractivity contribution in [1.29, 1.82) is 5.26 Å². The molecule has 0 saturated carbocycles. The molecule has 0 amide bonds. The number of Topliss-reactive ketones (excluding diaryl/α,β-unsaturated/α-hetero) is 1. The highest BCUT2D eigenvalue weighted by atomic mass is 16.5. The SMILES string of the molecule is COCc1cccc(C(=O)CCC#N)c1. The number of ketones is 1. The van der Waals surface area contributed by atoms with Crippen LogP contribution >= 0.6 is 0 Å². The van der Waals surface area contributed by atoms with Crippen LogP contribution in [-0.4, -0.2) is 12.9 Å². The first-order valence-corrected chi connectivity index (χ1v) is 4.76. The Morgan fingerprint density at radius 3 is 3.00 bits per heavy atom. The highest BCUT2D eigenvalue weighted by molar-refractivity contribution is 5.96. The van der Waals surface area contributed by atoms with Gasteiger partial charge in [-0.15, -0.1) is 0 Å². The summed E-state index contributed by atoms with van der Waals surface area (Å²) in [7, 11) is 1.62. The Morgan fingerprint density at radius 1 is 1.53 bits per heavy atom. The van der Waals surface area contributed by atoms with E-state index in [0.29, 0.717) is 12.2 Å². The lowest BCUT2D eigenvalue weighted by molar-refractivity contribution is 0.0984. The van der Waals surface area contributed by atoms with Crippen molar-refractivity contribution in [3.8, 4) is 6.07 Å². The Bertz CT molecular complexity index is 379. The van der Waals surface area contributed by atoms with Crippen LogP contribution in [0.5, 0.6) is 0 Å². The molecule has 0 saturated heterocycles. The third-order valence-corrected chi connectivity index (χ3v) is 2.02. The van der Waals surface area contributed by atoms with Gasteiger partial charge in [-0.05, 0) is 11.6 Å². The van der Waals surface area contributed by atoms with Gasteiger partial charge in [0.1, 0.15) is 0 Å². The zero-order valence-electron chi connectivity index (χ0n) is 8.69. The molecular weight excluding hydrogens is 190 g/mol. The largest absolute Gasteiger partial charge is 0.380 e. The zero-order chi connectivity index (χ0) is 11.1. The quantitative estimate of drug-likeness (QED) is 0.690. The second-order valence-corrected chi connectivity index (χ2v) is 3.21. The first-order valence-electron chi connectivity index (χ1n) is 4.76. The number of nitrogens with zero attached hydrogens (tertiary/aromatic N) is 1. The van der Waals surface area contributed by atoms with E-state index in [1.807, 2.05) is 24.3 Å². The molecule has 0 aromatic heterocycles. The van der Waals surface area contributed by atoms with Crippen molar-refractivity contribution >= 4 is 5.78 Å². The number of rotatable bonds is 5. The van der Waals surface area contributed by atoms with Gasteiger partial charge < -0.3 is 4.74 Å². The molecule has 0 radical (unpaired) electrons. The number of ether oxygens (including phenoxy) is 1. The van der Waals surface area contributed by atoms with Gasteiger partial charge in [0.25, 0.3) is 0 Å². The van der Waals surface area contributed by atoms with E-state index in [-0.39, 0.29) is 18.6 Å². The van der Waals surface area contributed by atoms with Gasteiger partial charge in [0, 0.05) is 25.5 Å². The molecule has 1 aromatic rings. The summed E-state index contributed by atoms with van der Waals surface area (Å²) in [5, 5.41) is 8.38. The lowest BCUT2D eigenvalue weighted by Crippen LogP contribution is -1.99. The van der Waals surface area contributed by atoms with E-state index in [2.05, 4.69) is 0 Å². The molecule has 3 nitrogen and oxygen atoms in total. The van der Waals surface area contributed by atoms with Gasteiger partial charge >= 0.3 is 0 Å². The second kappa shape index (κ2) is 5.94. The van der Waals surface area contributed by atoms with Crippen LogP contribution in [0.2, 0.25) is 0 Å². The van der Waals surface area contributed by atoms with Crippen molar-refractivity contribution in [2.24, 2.45) is 0 Å². The molecule has 3 heteroatoms. The zero-order valence-corrected chi connectivity index (χ0v) is 8.69. The third-order valence-electron chi connectivity index (χ3n) is 2.02. The molecule has 0 fully saturated rings. The van der Waals surface area contributed by atoms with Crippen molar-refractivity contribution < 1.29 is 9.53 Å². The Labute approximate surface area is 89.3 Å². The van der Waals surface area contributed by atoms with Gasteiger partial charge in [0.2, 0.25) is 0 Å². The Balaban J connectivity index is 2.72. The molecule has 0 bridgehead atoms. The van der Waals surface area contributed by atoms with Gasteiger partial charge in [-0.1, -0.05) is 18.2 Å². The number of carbonyl (C=O) groups is 1. The lowest BCUT2D eigenvalue weighted by Gasteiger charge is -2.02. The molecule has 0 aliphatic rings. The standard InChI is InChI=1S/C12H13NO2/c1-15-9-10-4-2-5-11(8-10)12(14)6-3-7-13/h2,4-5,8H,3,6,9H2,1H3. The number of nitriles is 1. The Morgan fingerprint density at radius 2 is 2.33 bits per heavy atom. The molecule has 0 N–H and O–H groups in total. The van der Waals surface area contributed by atoms with Gasteiger partial charge in [0.05, 0.1) is 12.7 Å². The van der Waals surface area contributed by atoms with Crippen molar-refractivity contribution in [2.75, 3.05) is 7.11 Å². The minimum absolute atomic E-state index is 0.00880. The predicted molar refractivity (Wildman–Crippen MR) is 56.3 cm³/mol. The molecule has 15 heavy (non-hydrogen) atoms. The molecule has 0 unspecified atom stereocenters. The minimum atomic E-state index is 0.00880. The highest BCUT2D eigenvalue weighted by Gasteiger charge is 2.05.